The molecule has 0 saturated heterocycles. The minimum Gasteiger partial charge on any atom is -0.369 e. The summed E-state index contributed by atoms with van der Waals surface area (Å²) in [4.78, 5) is 30.9. The molecule has 0 aliphatic carbocycles. The van der Waals surface area contributed by atoms with Gasteiger partial charge in [-0.25, -0.2) is 4.98 Å². The number of nitrogens with zero attached hydrogens (tertiary/aromatic N) is 3. The number of hydrogen-bond acceptors (Lipinski definition) is 5. The molecule has 0 aliphatic heterocycles. The number of pyridine rings is 2. The van der Waals surface area contributed by atoms with Crippen LogP contribution in [0.2, 0.25) is 0 Å². The van der Waals surface area contributed by atoms with E-state index in [0.717, 1.165) is 34.9 Å². The van der Waals surface area contributed by atoms with E-state index >= 15 is 0 Å². The van der Waals surface area contributed by atoms with Crippen molar-refractivity contribution in [2.45, 2.75) is 12.8 Å². The average Bonchev–Trinajstić information content (AvgIpc) is 3.17. The Morgan fingerprint density at radius 1 is 1.20 bits per heavy atom. The van der Waals surface area contributed by atoms with Crippen LogP contribution in [0.25, 0.3) is 21.9 Å². The third-order valence-electron chi connectivity index (χ3n) is 5.00. The van der Waals surface area contributed by atoms with Crippen LogP contribution in [-0.4, -0.2) is 32.2 Å². The number of H-pyrrole nitrogens is 1. The van der Waals surface area contributed by atoms with E-state index in [2.05, 4.69) is 20.4 Å². The van der Waals surface area contributed by atoms with Crippen molar-refractivity contribution in [1.82, 2.24) is 19.7 Å². The number of primary amides is 1. The molecule has 0 aliphatic rings. The first kappa shape index (κ1) is 19.4. The predicted molar refractivity (Wildman–Crippen MR) is 116 cm³/mol. The monoisotopic (exact) mass is 402 g/mol. The molecule has 8 heteroatoms. The zero-order valence-corrected chi connectivity index (χ0v) is 16.6. The molecule has 0 radical (unpaired) electrons. The third kappa shape index (κ3) is 3.93. The number of benzene rings is 1. The Bertz CT molecular complexity index is 1260. The lowest BCUT2D eigenvalue weighted by Gasteiger charge is -2.11. The summed E-state index contributed by atoms with van der Waals surface area (Å²) >= 11 is 0. The van der Waals surface area contributed by atoms with E-state index in [1.165, 1.54) is 0 Å². The number of aryl methyl sites for hydroxylation is 2. The molecule has 1 aromatic carbocycles. The molecular weight excluding hydrogens is 380 g/mol. The molecule has 152 valence electrons. The van der Waals surface area contributed by atoms with Crippen LogP contribution in [0.4, 0.5) is 5.82 Å². The van der Waals surface area contributed by atoms with Gasteiger partial charge in [-0.05, 0) is 36.6 Å². The normalized spacial score (nSPS) is 11.0. The molecule has 0 spiro atoms. The zero-order valence-electron chi connectivity index (χ0n) is 16.6. The van der Waals surface area contributed by atoms with E-state index in [4.69, 9.17) is 5.73 Å². The maximum Gasteiger partial charge on any atom is 0.259 e. The number of aromatic amines is 1. The quantitative estimate of drug-likeness (QED) is 0.410. The lowest BCUT2D eigenvalue weighted by molar-refractivity contribution is 0.100. The summed E-state index contributed by atoms with van der Waals surface area (Å²) in [6, 6.07) is 9.15. The summed E-state index contributed by atoms with van der Waals surface area (Å²) in [5, 5.41) is 8.85. The molecule has 3 aromatic heterocycles. The molecule has 4 aromatic rings. The Kier molecular flexibility index (Phi) is 5.30. The summed E-state index contributed by atoms with van der Waals surface area (Å²) in [6.45, 7) is 0.653. The fourth-order valence-corrected chi connectivity index (χ4v) is 3.46. The fraction of sp³-hybridized carbons (Fsp3) is 0.182. The first-order chi connectivity index (χ1) is 14.5. The van der Waals surface area contributed by atoms with Gasteiger partial charge in [-0.1, -0.05) is 12.1 Å². The Morgan fingerprint density at radius 2 is 2.00 bits per heavy atom. The van der Waals surface area contributed by atoms with Crippen molar-refractivity contribution in [2.24, 2.45) is 12.8 Å². The number of carbonyl (C=O) groups is 1. The number of hydrogen-bond donors (Lipinski definition) is 3. The molecule has 0 unspecified atom stereocenters. The molecule has 0 fully saturated rings. The zero-order chi connectivity index (χ0) is 21.1. The van der Waals surface area contributed by atoms with Gasteiger partial charge in [-0.2, -0.15) is 5.10 Å². The van der Waals surface area contributed by atoms with Crippen molar-refractivity contribution in [1.29, 1.82) is 0 Å². The van der Waals surface area contributed by atoms with Crippen molar-refractivity contribution in [3.8, 4) is 11.1 Å². The lowest BCUT2D eigenvalue weighted by atomic mass is 10.0. The molecule has 1 amide bonds. The van der Waals surface area contributed by atoms with Crippen LogP contribution in [-0.2, 0) is 13.5 Å². The predicted octanol–water partition coefficient (Wildman–Crippen LogP) is 2.47. The maximum atomic E-state index is 12.5. The highest BCUT2D eigenvalue weighted by atomic mass is 16.1. The summed E-state index contributed by atoms with van der Waals surface area (Å²) in [6.07, 6.45) is 8.73. The molecule has 0 atom stereocenters. The molecule has 0 saturated carbocycles. The maximum absolute atomic E-state index is 12.5. The molecule has 0 bridgehead atoms. The van der Waals surface area contributed by atoms with Crippen molar-refractivity contribution in [3.05, 3.63) is 76.6 Å². The Balaban J connectivity index is 1.51. The Morgan fingerprint density at radius 3 is 2.70 bits per heavy atom. The summed E-state index contributed by atoms with van der Waals surface area (Å²) in [5.74, 6) is 0.129. The number of nitrogens with one attached hydrogen (secondary N) is 2. The van der Waals surface area contributed by atoms with E-state index in [0.29, 0.717) is 23.3 Å². The highest BCUT2D eigenvalue weighted by molar-refractivity contribution is 6.00. The van der Waals surface area contributed by atoms with Gasteiger partial charge in [0.15, 0.2) is 0 Å². The van der Waals surface area contributed by atoms with Crippen LogP contribution >= 0.6 is 0 Å². The first-order valence-electron chi connectivity index (χ1n) is 9.65. The number of nitrogens with two attached hydrogens (primary N) is 1. The second kappa shape index (κ2) is 8.20. The standard InChI is InChI=1S/C22H22N6O2/c1-28-13-16(11-27-28)18-12-26-21(19-17(18)8-10-25-22(19)30)24-9-2-3-14-4-6-15(7-5-14)20(23)29/h4-8,10-13H,2-3,9H2,1H3,(H2,23,29)(H,24,26)(H,25,30). The van der Waals surface area contributed by atoms with Gasteiger partial charge in [0.05, 0.1) is 11.6 Å². The van der Waals surface area contributed by atoms with Crippen LogP contribution in [0.1, 0.15) is 22.3 Å². The summed E-state index contributed by atoms with van der Waals surface area (Å²) < 4.78 is 1.72. The minimum absolute atomic E-state index is 0.185. The van der Waals surface area contributed by atoms with Gasteiger partial charge < -0.3 is 16.0 Å². The Labute approximate surface area is 172 Å². The molecule has 4 N–H and O–H groups in total. The highest BCUT2D eigenvalue weighted by Gasteiger charge is 2.13. The number of amides is 1. The van der Waals surface area contributed by atoms with Gasteiger partial charge in [0.1, 0.15) is 5.82 Å². The minimum atomic E-state index is -0.430. The molecule has 30 heavy (non-hydrogen) atoms. The highest BCUT2D eigenvalue weighted by Crippen LogP contribution is 2.29. The second-order valence-electron chi connectivity index (χ2n) is 7.11. The van der Waals surface area contributed by atoms with E-state index in [9.17, 15) is 9.59 Å². The molecule has 4 rings (SSSR count). The van der Waals surface area contributed by atoms with E-state index in [-0.39, 0.29) is 5.56 Å². The topological polar surface area (TPSA) is 119 Å². The van der Waals surface area contributed by atoms with Gasteiger partial charge in [-0.3, -0.25) is 14.3 Å². The SMILES string of the molecule is Cn1cc(-c2cnc(NCCCc3ccc(C(N)=O)cc3)c3c(=O)[nH]ccc23)cn1. The van der Waals surface area contributed by atoms with Crippen LogP contribution in [0.15, 0.2) is 59.9 Å². The van der Waals surface area contributed by atoms with Gasteiger partial charge in [0.25, 0.3) is 5.56 Å². The van der Waals surface area contributed by atoms with E-state index < -0.39 is 5.91 Å². The van der Waals surface area contributed by atoms with Gasteiger partial charge in [0, 0.05) is 54.3 Å². The number of rotatable bonds is 7. The summed E-state index contributed by atoms with van der Waals surface area (Å²) in [7, 11) is 1.85. The molecule has 8 nitrogen and oxygen atoms in total. The van der Waals surface area contributed by atoms with Crippen molar-refractivity contribution < 1.29 is 4.79 Å². The second-order valence-corrected chi connectivity index (χ2v) is 7.11. The molecule has 3 heterocycles. The van der Waals surface area contributed by atoms with E-state index in [1.54, 1.807) is 35.4 Å². The number of aromatic nitrogens is 4. The summed E-state index contributed by atoms with van der Waals surface area (Å²) in [5.41, 5.74) is 8.47. The van der Waals surface area contributed by atoms with Crippen molar-refractivity contribution in [3.63, 3.8) is 0 Å². The van der Waals surface area contributed by atoms with Gasteiger partial charge in [-0.15, -0.1) is 0 Å². The van der Waals surface area contributed by atoms with Crippen LogP contribution in [0.5, 0.6) is 0 Å². The number of fused-ring (bicyclic) bond motifs is 1. The van der Waals surface area contributed by atoms with Gasteiger partial charge >= 0.3 is 0 Å². The van der Waals surface area contributed by atoms with E-state index in [1.807, 2.05) is 31.4 Å². The number of carbonyl (C=O) groups excluding carboxylic acids is 1. The van der Waals surface area contributed by atoms with Crippen LogP contribution in [0.3, 0.4) is 0 Å². The van der Waals surface area contributed by atoms with Crippen molar-refractivity contribution in [2.75, 3.05) is 11.9 Å². The smallest absolute Gasteiger partial charge is 0.259 e. The molecular formula is C22H22N6O2. The number of anilines is 1. The van der Waals surface area contributed by atoms with Crippen LogP contribution in [0, 0.1) is 0 Å². The largest absolute Gasteiger partial charge is 0.369 e. The van der Waals surface area contributed by atoms with Gasteiger partial charge in [0.2, 0.25) is 5.91 Å². The third-order valence-corrected chi connectivity index (χ3v) is 5.00. The Hall–Kier alpha value is -3.94. The van der Waals surface area contributed by atoms with Crippen molar-refractivity contribution >= 4 is 22.5 Å². The fourth-order valence-electron chi connectivity index (χ4n) is 3.46. The lowest BCUT2D eigenvalue weighted by Crippen LogP contribution is -2.12. The van der Waals surface area contributed by atoms with Crippen LogP contribution < -0.4 is 16.6 Å². The average molecular weight is 402 g/mol. The first-order valence-corrected chi connectivity index (χ1v) is 9.65.